The van der Waals surface area contributed by atoms with Crippen molar-refractivity contribution in [1.82, 2.24) is 10.4 Å². The lowest BCUT2D eigenvalue weighted by Gasteiger charge is -2.16. The van der Waals surface area contributed by atoms with Crippen molar-refractivity contribution in [1.29, 1.82) is 0 Å². The minimum Gasteiger partial charge on any atom is -0.494 e. The zero-order valence-corrected chi connectivity index (χ0v) is 11.8. The van der Waals surface area contributed by atoms with Gasteiger partial charge in [0.2, 0.25) is 0 Å². The molecule has 20 heavy (non-hydrogen) atoms. The smallest absolute Gasteiger partial charge is 0.119 e. The van der Waals surface area contributed by atoms with Crippen LogP contribution in [0.4, 0.5) is 0 Å². The third kappa shape index (κ3) is 4.05. The number of hydrogen-bond donors (Lipinski definition) is 2. The van der Waals surface area contributed by atoms with Crippen molar-refractivity contribution in [3.8, 4) is 5.75 Å². The SMILES string of the molecule is CCOc1ccc(C(CCc2cccnc2)NN)cc1. The van der Waals surface area contributed by atoms with Crippen LogP contribution in [0.1, 0.15) is 30.5 Å². The quantitative estimate of drug-likeness (QED) is 0.600. The molecule has 4 heteroatoms. The number of aromatic nitrogens is 1. The van der Waals surface area contributed by atoms with Crippen LogP contribution in [0, 0.1) is 0 Å². The molecule has 0 aliphatic rings. The summed E-state index contributed by atoms with van der Waals surface area (Å²) < 4.78 is 5.44. The summed E-state index contributed by atoms with van der Waals surface area (Å²) >= 11 is 0. The third-order valence-electron chi connectivity index (χ3n) is 3.24. The fourth-order valence-electron chi connectivity index (χ4n) is 2.17. The van der Waals surface area contributed by atoms with E-state index in [0.29, 0.717) is 6.61 Å². The van der Waals surface area contributed by atoms with E-state index in [4.69, 9.17) is 10.6 Å². The van der Waals surface area contributed by atoms with Gasteiger partial charge in [0, 0.05) is 18.4 Å². The number of hydrazine groups is 1. The molecule has 0 saturated heterocycles. The Hall–Kier alpha value is -1.91. The lowest BCUT2D eigenvalue weighted by molar-refractivity contribution is 0.340. The zero-order valence-electron chi connectivity index (χ0n) is 11.8. The Balaban J connectivity index is 1.97. The van der Waals surface area contributed by atoms with Crippen molar-refractivity contribution in [2.75, 3.05) is 6.61 Å². The third-order valence-corrected chi connectivity index (χ3v) is 3.24. The van der Waals surface area contributed by atoms with Gasteiger partial charge in [0.1, 0.15) is 5.75 Å². The van der Waals surface area contributed by atoms with Gasteiger partial charge < -0.3 is 4.74 Å². The second kappa shape index (κ2) is 7.62. The summed E-state index contributed by atoms with van der Waals surface area (Å²) in [6.45, 7) is 2.66. The van der Waals surface area contributed by atoms with Crippen molar-refractivity contribution >= 4 is 0 Å². The van der Waals surface area contributed by atoms with Gasteiger partial charge in [-0.05, 0) is 49.1 Å². The van der Waals surface area contributed by atoms with Crippen LogP contribution in [0.25, 0.3) is 0 Å². The van der Waals surface area contributed by atoms with Crippen LogP contribution >= 0.6 is 0 Å². The Labute approximate surface area is 120 Å². The van der Waals surface area contributed by atoms with Crippen molar-refractivity contribution in [2.24, 2.45) is 5.84 Å². The lowest BCUT2D eigenvalue weighted by atomic mass is 10.00. The maximum Gasteiger partial charge on any atom is 0.119 e. The molecule has 0 radical (unpaired) electrons. The number of nitrogens with two attached hydrogens (primary N) is 1. The number of benzene rings is 1. The van der Waals surface area contributed by atoms with Crippen LogP contribution in [-0.2, 0) is 6.42 Å². The molecule has 106 valence electrons. The molecule has 1 aromatic carbocycles. The minimum absolute atomic E-state index is 0.130. The Morgan fingerprint density at radius 3 is 2.65 bits per heavy atom. The number of ether oxygens (including phenoxy) is 1. The van der Waals surface area contributed by atoms with Crippen molar-refractivity contribution in [3.63, 3.8) is 0 Å². The van der Waals surface area contributed by atoms with E-state index in [1.807, 2.05) is 31.3 Å². The molecule has 0 amide bonds. The lowest BCUT2D eigenvalue weighted by Crippen LogP contribution is -2.28. The largest absolute Gasteiger partial charge is 0.494 e. The molecule has 1 heterocycles. The Kier molecular flexibility index (Phi) is 5.53. The summed E-state index contributed by atoms with van der Waals surface area (Å²) in [5.74, 6) is 6.56. The standard InChI is InChI=1S/C16H21N3O/c1-2-20-15-8-6-14(7-9-15)16(19-17)10-5-13-4-3-11-18-12-13/h3-4,6-9,11-12,16,19H,2,5,10,17H2,1H3. The molecule has 1 atom stereocenters. The number of rotatable bonds is 7. The Morgan fingerprint density at radius 1 is 1.25 bits per heavy atom. The molecule has 3 N–H and O–H groups in total. The van der Waals surface area contributed by atoms with Crippen LogP contribution in [0.3, 0.4) is 0 Å². The van der Waals surface area contributed by atoms with Crippen molar-refractivity contribution < 1.29 is 4.74 Å². The van der Waals surface area contributed by atoms with Crippen LogP contribution in [0.15, 0.2) is 48.8 Å². The molecule has 0 spiro atoms. The minimum atomic E-state index is 0.130. The fraction of sp³-hybridized carbons (Fsp3) is 0.312. The monoisotopic (exact) mass is 271 g/mol. The molecule has 1 unspecified atom stereocenters. The first-order valence-corrected chi connectivity index (χ1v) is 6.91. The number of hydrogen-bond acceptors (Lipinski definition) is 4. The number of aryl methyl sites for hydroxylation is 1. The Morgan fingerprint density at radius 2 is 2.05 bits per heavy atom. The first kappa shape index (κ1) is 14.5. The van der Waals surface area contributed by atoms with Gasteiger partial charge in [-0.2, -0.15) is 0 Å². The molecular formula is C16H21N3O. The molecule has 2 aromatic rings. The second-order valence-electron chi connectivity index (χ2n) is 4.62. The van der Waals surface area contributed by atoms with E-state index in [0.717, 1.165) is 18.6 Å². The molecule has 0 aliphatic heterocycles. The van der Waals surface area contributed by atoms with Gasteiger partial charge >= 0.3 is 0 Å². The normalized spacial score (nSPS) is 12.1. The predicted molar refractivity (Wildman–Crippen MR) is 80.2 cm³/mol. The summed E-state index contributed by atoms with van der Waals surface area (Å²) in [4.78, 5) is 4.13. The summed E-state index contributed by atoms with van der Waals surface area (Å²) in [7, 11) is 0. The molecule has 0 saturated carbocycles. The molecule has 0 aliphatic carbocycles. The maximum absolute atomic E-state index is 5.67. The highest BCUT2D eigenvalue weighted by Crippen LogP contribution is 2.21. The van der Waals surface area contributed by atoms with Gasteiger partial charge in [-0.25, -0.2) is 0 Å². The molecule has 1 aromatic heterocycles. The van der Waals surface area contributed by atoms with E-state index >= 15 is 0 Å². The van der Waals surface area contributed by atoms with Crippen LogP contribution < -0.4 is 16.0 Å². The van der Waals surface area contributed by atoms with Gasteiger partial charge in [-0.1, -0.05) is 18.2 Å². The van der Waals surface area contributed by atoms with Gasteiger partial charge in [0.05, 0.1) is 6.61 Å². The summed E-state index contributed by atoms with van der Waals surface area (Å²) in [6.07, 6.45) is 5.55. The Bertz CT molecular complexity index is 499. The highest BCUT2D eigenvalue weighted by molar-refractivity contribution is 5.29. The molecule has 0 bridgehead atoms. The van der Waals surface area contributed by atoms with Crippen molar-refractivity contribution in [3.05, 3.63) is 59.9 Å². The van der Waals surface area contributed by atoms with Gasteiger partial charge in [-0.3, -0.25) is 16.3 Å². The second-order valence-corrected chi connectivity index (χ2v) is 4.62. The summed E-state index contributed by atoms with van der Waals surface area (Å²) in [5, 5.41) is 0. The molecule has 0 fully saturated rings. The number of pyridine rings is 1. The molecule has 4 nitrogen and oxygen atoms in total. The van der Waals surface area contributed by atoms with Crippen LogP contribution in [0.2, 0.25) is 0 Å². The maximum atomic E-state index is 5.67. The van der Waals surface area contributed by atoms with Crippen LogP contribution in [-0.4, -0.2) is 11.6 Å². The average Bonchev–Trinajstić information content (AvgIpc) is 2.51. The van der Waals surface area contributed by atoms with E-state index in [9.17, 15) is 0 Å². The first-order valence-electron chi connectivity index (χ1n) is 6.91. The van der Waals surface area contributed by atoms with E-state index < -0.39 is 0 Å². The van der Waals surface area contributed by atoms with Gasteiger partial charge in [0.15, 0.2) is 0 Å². The predicted octanol–water partition coefficient (Wildman–Crippen LogP) is 2.62. The van der Waals surface area contributed by atoms with Crippen molar-refractivity contribution in [2.45, 2.75) is 25.8 Å². The van der Waals surface area contributed by atoms with E-state index in [-0.39, 0.29) is 6.04 Å². The topological polar surface area (TPSA) is 60.2 Å². The zero-order chi connectivity index (χ0) is 14.2. The molecule has 2 rings (SSSR count). The van der Waals surface area contributed by atoms with Gasteiger partial charge in [0.25, 0.3) is 0 Å². The average molecular weight is 271 g/mol. The fourth-order valence-corrected chi connectivity index (χ4v) is 2.17. The van der Waals surface area contributed by atoms with E-state index in [2.05, 4.69) is 28.6 Å². The highest BCUT2D eigenvalue weighted by atomic mass is 16.5. The van der Waals surface area contributed by atoms with Gasteiger partial charge in [-0.15, -0.1) is 0 Å². The van der Waals surface area contributed by atoms with E-state index in [1.165, 1.54) is 11.1 Å². The summed E-state index contributed by atoms with van der Waals surface area (Å²) in [5.41, 5.74) is 5.27. The van der Waals surface area contributed by atoms with Crippen LogP contribution in [0.5, 0.6) is 5.75 Å². The first-order chi connectivity index (χ1) is 9.83. The number of nitrogens with one attached hydrogen (secondary N) is 1. The summed E-state index contributed by atoms with van der Waals surface area (Å²) in [6, 6.07) is 12.2. The van der Waals surface area contributed by atoms with E-state index in [1.54, 1.807) is 6.20 Å². The number of nitrogens with zero attached hydrogens (tertiary/aromatic N) is 1. The highest BCUT2D eigenvalue weighted by Gasteiger charge is 2.10. The molecular weight excluding hydrogens is 250 g/mol.